The number of aryl methyl sites for hydroxylation is 1. The lowest BCUT2D eigenvalue weighted by Crippen LogP contribution is -2.40. The normalized spacial score (nSPS) is 14.7. The number of hydrogen-bond donors (Lipinski definition) is 3. The van der Waals surface area contributed by atoms with Crippen LogP contribution in [-0.4, -0.2) is 22.2 Å². The van der Waals surface area contributed by atoms with E-state index in [1.807, 2.05) is 13.8 Å². The Morgan fingerprint density at radius 2 is 1.88 bits per heavy atom. The number of phenols is 1. The molecule has 26 heavy (non-hydrogen) atoms. The number of hydrogen-bond acceptors (Lipinski definition) is 5. The molecule has 0 bridgehead atoms. The molecule has 0 amide bonds. The van der Waals surface area contributed by atoms with Crippen LogP contribution < -0.4 is 10.9 Å². The highest BCUT2D eigenvalue weighted by Crippen LogP contribution is 2.32. The largest absolute Gasteiger partial charge is 0.507 e. The molecule has 0 saturated heterocycles. The second-order valence-corrected chi connectivity index (χ2v) is 6.93. The van der Waals surface area contributed by atoms with Gasteiger partial charge in [-0.2, -0.15) is 0 Å². The van der Waals surface area contributed by atoms with Crippen molar-refractivity contribution < 1.29 is 19.4 Å². The highest BCUT2D eigenvalue weighted by molar-refractivity contribution is 5.86. The Hall–Kier alpha value is -2.05. The number of aliphatic carboxylic acids is 1. The van der Waals surface area contributed by atoms with E-state index in [0.717, 1.165) is 42.2 Å². The Kier molecular flexibility index (Phi) is 6.31. The molecule has 0 saturated carbocycles. The summed E-state index contributed by atoms with van der Waals surface area (Å²) in [7, 11) is 0. The van der Waals surface area contributed by atoms with E-state index in [1.165, 1.54) is 0 Å². The van der Waals surface area contributed by atoms with Crippen molar-refractivity contribution in [2.24, 2.45) is 5.92 Å². The first-order chi connectivity index (χ1) is 11.9. The molecule has 0 aliphatic heterocycles. The van der Waals surface area contributed by atoms with Crippen molar-refractivity contribution in [3.63, 3.8) is 0 Å². The summed E-state index contributed by atoms with van der Waals surface area (Å²) in [6.07, 6.45) is 3.54. The number of carboxylic acid groups (broad SMARTS) is 1. The molecule has 1 unspecified atom stereocenters. The predicted octanol–water partition coefficient (Wildman–Crippen LogP) is 3.00. The van der Waals surface area contributed by atoms with Gasteiger partial charge in [0.25, 0.3) is 0 Å². The summed E-state index contributed by atoms with van der Waals surface area (Å²) >= 11 is 0. The second kappa shape index (κ2) is 8.10. The average molecular weight is 382 g/mol. The van der Waals surface area contributed by atoms with Gasteiger partial charge in [0.2, 0.25) is 0 Å². The van der Waals surface area contributed by atoms with Gasteiger partial charge in [0, 0.05) is 17.5 Å². The number of halogens is 1. The first kappa shape index (κ1) is 20.3. The molecule has 1 aromatic carbocycles. The van der Waals surface area contributed by atoms with Gasteiger partial charge < -0.3 is 14.6 Å². The van der Waals surface area contributed by atoms with E-state index in [2.05, 4.69) is 5.32 Å². The summed E-state index contributed by atoms with van der Waals surface area (Å²) < 4.78 is 5.52. The van der Waals surface area contributed by atoms with Crippen molar-refractivity contribution in [1.29, 1.82) is 0 Å². The highest BCUT2D eigenvalue weighted by Gasteiger charge is 2.24. The minimum atomic E-state index is -0.950. The highest BCUT2D eigenvalue weighted by atomic mass is 35.5. The van der Waals surface area contributed by atoms with Gasteiger partial charge in [0.1, 0.15) is 17.4 Å². The predicted molar refractivity (Wildman–Crippen MR) is 101 cm³/mol. The molecule has 7 heteroatoms. The molecule has 1 aliphatic rings. The number of benzene rings is 1. The van der Waals surface area contributed by atoms with Crippen molar-refractivity contribution in [2.75, 3.05) is 0 Å². The van der Waals surface area contributed by atoms with Crippen molar-refractivity contribution in [2.45, 2.75) is 52.1 Å². The van der Waals surface area contributed by atoms with Crippen molar-refractivity contribution in [3.8, 4) is 5.75 Å². The van der Waals surface area contributed by atoms with Gasteiger partial charge in [-0.05, 0) is 49.3 Å². The van der Waals surface area contributed by atoms with Crippen molar-refractivity contribution in [3.05, 3.63) is 39.2 Å². The Balaban J connectivity index is 0.00000243. The van der Waals surface area contributed by atoms with Crippen LogP contribution >= 0.6 is 12.4 Å². The number of carboxylic acids is 1. The molecule has 6 nitrogen and oxygen atoms in total. The summed E-state index contributed by atoms with van der Waals surface area (Å²) in [6.45, 7) is 3.73. The quantitative estimate of drug-likeness (QED) is 0.688. The summed E-state index contributed by atoms with van der Waals surface area (Å²) in [5.74, 6) is -1.07. The minimum Gasteiger partial charge on any atom is -0.507 e. The topological polar surface area (TPSA) is 99.8 Å². The van der Waals surface area contributed by atoms with E-state index in [1.54, 1.807) is 12.1 Å². The van der Waals surface area contributed by atoms with E-state index in [-0.39, 0.29) is 36.2 Å². The number of rotatable bonds is 5. The molecule has 1 heterocycles. The maximum atomic E-state index is 12.3. The maximum Gasteiger partial charge on any atom is 0.339 e. The van der Waals surface area contributed by atoms with Gasteiger partial charge in [-0.15, -0.1) is 12.4 Å². The van der Waals surface area contributed by atoms with Gasteiger partial charge in [0.15, 0.2) is 0 Å². The first-order valence-corrected chi connectivity index (χ1v) is 8.65. The lowest BCUT2D eigenvalue weighted by atomic mass is 9.90. The van der Waals surface area contributed by atoms with Gasteiger partial charge in [-0.25, -0.2) is 4.79 Å². The van der Waals surface area contributed by atoms with E-state index >= 15 is 0 Å². The number of phenolic OH excluding ortho intramolecular Hbond substituents is 1. The Labute approximate surface area is 157 Å². The standard InChI is InChI=1S/C19H23NO5.ClH/c1-10(2)16(18(22)23)20-9-14-15(21)8-7-12-11-5-3-4-6-13(11)19(24)25-17(12)14;/h7-8,10,16,20-21H,3-6,9H2,1-2H3,(H,22,23);1H. The Morgan fingerprint density at radius 3 is 2.50 bits per heavy atom. The molecule has 1 aromatic heterocycles. The van der Waals surface area contributed by atoms with Gasteiger partial charge >= 0.3 is 11.6 Å². The monoisotopic (exact) mass is 381 g/mol. The molecular weight excluding hydrogens is 358 g/mol. The van der Waals surface area contributed by atoms with Crippen LogP contribution in [0.25, 0.3) is 11.0 Å². The molecular formula is C19H24ClNO5. The summed E-state index contributed by atoms with van der Waals surface area (Å²) in [5, 5.41) is 23.3. The molecule has 2 aromatic rings. The molecule has 3 rings (SSSR count). The summed E-state index contributed by atoms with van der Waals surface area (Å²) in [6, 6.07) is 2.61. The van der Waals surface area contributed by atoms with Crippen LogP contribution in [0.1, 0.15) is 43.4 Å². The van der Waals surface area contributed by atoms with E-state index in [0.29, 0.717) is 11.1 Å². The molecule has 142 valence electrons. The van der Waals surface area contributed by atoms with Gasteiger partial charge in [0.05, 0.1) is 5.56 Å². The van der Waals surface area contributed by atoms with Gasteiger partial charge in [-0.1, -0.05) is 13.8 Å². The SMILES string of the molecule is CC(C)C(NCc1c(O)ccc2c3c(c(=O)oc12)CCCC3)C(=O)O.Cl. The fourth-order valence-corrected chi connectivity index (χ4v) is 3.54. The lowest BCUT2D eigenvalue weighted by molar-refractivity contribution is -0.140. The summed E-state index contributed by atoms with van der Waals surface area (Å²) in [5.41, 5.74) is 2.15. The smallest absolute Gasteiger partial charge is 0.339 e. The van der Waals surface area contributed by atoms with Crippen LogP contribution in [-0.2, 0) is 24.2 Å². The minimum absolute atomic E-state index is 0. The zero-order valence-corrected chi connectivity index (χ0v) is 15.7. The number of aromatic hydroxyl groups is 1. The zero-order chi connectivity index (χ0) is 18.1. The van der Waals surface area contributed by atoms with Crippen molar-refractivity contribution >= 4 is 29.3 Å². The lowest BCUT2D eigenvalue weighted by Gasteiger charge is -2.20. The summed E-state index contributed by atoms with van der Waals surface area (Å²) in [4.78, 5) is 23.7. The van der Waals surface area contributed by atoms with E-state index < -0.39 is 12.0 Å². The number of fused-ring (bicyclic) bond motifs is 3. The number of carbonyl (C=O) groups is 1. The Bertz CT molecular complexity index is 874. The third kappa shape index (κ3) is 3.71. The maximum absolute atomic E-state index is 12.3. The van der Waals surface area contributed by atoms with Crippen LogP contribution in [0, 0.1) is 5.92 Å². The van der Waals surface area contributed by atoms with Gasteiger partial charge in [-0.3, -0.25) is 10.1 Å². The van der Waals surface area contributed by atoms with E-state index in [4.69, 9.17) is 4.42 Å². The molecule has 1 atom stereocenters. The van der Waals surface area contributed by atoms with Crippen LogP contribution in [0.2, 0.25) is 0 Å². The molecule has 0 fully saturated rings. The third-order valence-electron chi connectivity index (χ3n) is 4.90. The fraction of sp³-hybridized carbons (Fsp3) is 0.474. The molecule has 0 radical (unpaired) electrons. The van der Waals surface area contributed by atoms with Crippen molar-refractivity contribution in [1.82, 2.24) is 5.32 Å². The van der Waals surface area contributed by atoms with Crippen LogP contribution in [0.15, 0.2) is 21.3 Å². The number of nitrogens with one attached hydrogen (secondary N) is 1. The average Bonchev–Trinajstić information content (AvgIpc) is 2.56. The second-order valence-electron chi connectivity index (χ2n) is 6.93. The first-order valence-electron chi connectivity index (χ1n) is 8.65. The fourth-order valence-electron chi connectivity index (χ4n) is 3.54. The van der Waals surface area contributed by atoms with Crippen LogP contribution in [0.4, 0.5) is 0 Å². The third-order valence-corrected chi connectivity index (χ3v) is 4.90. The zero-order valence-electron chi connectivity index (χ0n) is 14.9. The van der Waals surface area contributed by atoms with Crippen LogP contribution in [0.3, 0.4) is 0 Å². The molecule has 0 spiro atoms. The van der Waals surface area contributed by atoms with Crippen LogP contribution in [0.5, 0.6) is 5.75 Å². The van der Waals surface area contributed by atoms with E-state index in [9.17, 15) is 19.8 Å². The molecule has 1 aliphatic carbocycles. The molecule has 3 N–H and O–H groups in total. The Morgan fingerprint density at radius 1 is 1.23 bits per heavy atom.